The lowest BCUT2D eigenvalue weighted by Gasteiger charge is -2.04. The van der Waals surface area contributed by atoms with E-state index < -0.39 is 0 Å². The molecule has 4 nitrogen and oxygen atoms in total. The summed E-state index contributed by atoms with van der Waals surface area (Å²) in [6.07, 6.45) is 7.95. The lowest BCUT2D eigenvalue weighted by atomic mass is 9.99. The molecule has 0 radical (unpaired) electrons. The number of aryl methyl sites for hydroxylation is 1. The first-order chi connectivity index (χ1) is 17.9. The Balaban J connectivity index is 1.96. The second-order valence-corrected chi connectivity index (χ2v) is 10.0. The second kappa shape index (κ2) is 9.85. The Bertz CT molecular complexity index is 1650. The highest BCUT2D eigenvalue weighted by molar-refractivity contribution is 5.96. The van der Waals surface area contributed by atoms with Crippen LogP contribution >= 0.6 is 0 Å². The van der Waals surface area contributed by atoms with Crippen molar-refractivity contribution >= 4 is 56.5 Å². The quantitative estimate of drug-likeness (QED) is 0.363. The van der Waals surface area contributed by atoms with Crippen molar-refractivity contribution in [3.05, 3.63) is 83.0 Å². The number of aromatic nitrogens is 4. The van der Waals surface area contributed by atoms with Crippen LogP contribution in [0.25, 0.3) is 56.5 Å². The minimum Gasteiger partial charge on any atom is -0.355 e. The molecule has 37 heavy (non-hydrogen) atoms. The number of hydrogen-bond acceptors (Lipinski definition) is 2. The van der Waals surface area contributed by atoms with E-state index in [1.165, 1.54) is 27.9 Å². The molecule has 4 heteroatoms. The minimum atomic E-state index is 0.993. The van der Waals surface area contributed by atoms with E-state index in [9.17, 15) is 0 Å². The van der Waals surface area contributed by atoms with Gasteiger partial charge in [-0.1, -0.05) is 52.0 Å². The zero-order valence-electron chi connectivity index (χ0n) is 22.7. The van der Waals surface area contributed by atoms with Crippen LogP contribution in [0.2, 0.25) is 0 Å². The lowest BCUT2D eigenvalue weighted by Crippen LogP contribution is -1.87. The smallest absolute Gasteiger partial charge is 0.0694 e. The van der Waals surface area contributed by atoms with Gasteiger partial charge in [-0.05, 0) is 97.4 Å². The highest BCUT2D eigenvalue weighted by Crippen LogP contribution is 2.37. The normalized spacial score (nSPS) is 13.4. The van der Waals surface area contributed by atoms with Crippen molar-refractivity contribution in [2.45, 2.75) is 60.3 Å². The molecular weight excluding hydrogens is 452 g/mol. The van der Waals surface area contributed by atoms with Crippen molar-refractivity contribution in [3.8, 4) is 0 Å². The van der Waals surface area contributed by atoms with Gasteiger partial charge in [0.15, 0.2) is 0 Å². The largest absolute Gasteiger partial charge is 0.355 e. The van der Waals surface area contributed by atoms with E-state index in [4.69, 9.17) is 9.97 Å². The molecule has 188 valence electrons. The zero-order chi connectivity index (χ0) is 26.3. The number of allylic oxidation sites excluding steroid dienone is 4. The summed E-state index contributed by atoms with van der Waals surface area (Å²) in [5, 5.41) is 0. The summed E-state index contributed by atoms with van der Waals surface area (Å²) in [5.41, 5.74) is 16.6. The van der Waals surface area contributed by atoms with Crippen LogP contribution in [0.3, 0.4) is 0 Å². The van der Waals surface area contributed by atoms with Crippen molar-refractivity contribution in [3.63, 3.8) is 0 Å². The molecule has 0 saturated carbocycles. The molecule has 0 unspecified atom stereocenters. The molecule has 0 atom stereocenters. The first-order valence-electron chi connectivity index (χ1n) is 13.3. The molecule has 5 rings (SSSR count). The molecule has 2 aliphatic rings. The molecule has 0 fully saturated rings. The van der Waals surface area contributed by atoms with Crippen molar-refractivity contribution < 1.29 is 0 Å². The third-order valence-electron chi connectivity index (χ3n) is 7.60. The van der Waals surface area contributed by atoms with Gasteiger partial charge in [0, 0.05) is 27.6 Å². The first-order valence-corrected chi connectivity index (χ1v) is 13.3. The lowest BCUT2D eigenvalue weighted by molar-refractivity contribution is 0.967. The molecule has 0 spiro atoms. The van der Waals surface area contributed by atoms with Gasteiger partial charge in [-0.2, -0.15) is 0 Å². The van der Waals surface area contributed by atoms with Crippen LogP contribution in [0.15, 0.2) is 43.5 Å². The first kappa shape index (κ1) is 24.8. The number of hydrogen-bond donors (Lipinski definition) is 2. The Morgan fingerprint density at radius 2 is 1.27 bits per heavy atom. The van der Waals surface area contributed by atoms with Gasteiger partial charge in [-0.3, -0.25) is 0 Å². The predicted octanol–water partition coefficient (Wildman–Crippen LogP) is 9.37. The van der Waals surface area contributed by atoms with Gasteiger partial charge in [-0.15, -0.1) is 0 Å². The van der Waals surface area contributed by atoms with E-state index >= 15 is 0 Å². The predicted molar refractivity (Wildman–Crippen MR) is 161 cm³/mol. The number of aromatic amines is 2. The molecule has 8 bridgehead atoms. The van der Waals surface area contributed by atoms with Gasteiger partial charge < -0.3 is 9.97 Å². The summed E-state index contributed by atoms with van der Waals surface area (Å²) in [5.74, 6) is 0. The van der Waals surface area contributed by atoms with E-state index in [-0.39, 0.29) is 0 Å². The Kier molecular flexibility index (Phi) is 6.59. The molecule has 2 N–H and O–H groups in total. The number of H-pyrrole nitrogens is 2. The van der Waals surface area contributed by atoms with Crippen molar-refractivity contribution in [2.75, 3.05) is 0 Å². The molecule has 0 saturated heterocycles. The monoisotopic (exact) mass is 488 g/mol. The number of fused-ring (bicyclic) bond motifs is 8. The highest BCUT2D eigenvalue weighted by Gasteiger charge is 2.20. The molecule has 3 aromatic heterocycles. The number of nitrogens with one attached hydrogen (secondary N) is 2. The summed E-state index contributed by atoms with van der Waals surface area (Å²) in [6, 6.07) is 10.8. The highest BCUT2D eigenvalue weighted by atomic mass is 14.8. The van der Waals surface area contributed by atoms with Gasteiger partial charge >= 0.3 is 0 Å². The van der Waals surface area contributed by atoms with Crippen molar-refractivity contribution in [1.82, 2.24) is 19.9 Å². The van der Waals surface area contributed by atoms with Crippen LogP contribution < -0.4 is 0 Å². The average molecular weight is 489 g/mol. The maximum Gasteiger partial charge on any atom is 0.0694 e. The molecule has 0 aromatic carbocycles. The van der Waals surface area contributed by atoms with Crippen molar-refractivity contribution in [1.29, 1.82) is 0 Å². The summed E-state index contributed by atoms with van der Waals surface area (Å²) in [7, 11) is 0. The van der Waals surface area contributed by atoms with Gasteiger partial charge in [-0.25, -0.2) is 9.97 Å². The van der Waals surface area contributed by atoms with Gasteiger partial charge in [0.05, 0.1) is 22.8 Å². The minimum absolute atomic E-state index is 0.993. The third kappa shape index (κ3) is 4.31. The van der Waals surface area contributed by atoms with Gasteiger partial charge in [0.25, 0.3) is 0 Å². The Labute approximate surface area is 219 Å². The second-order valence-electron chi connectivity index (χ2n) is 10.0. The van der Waals surface area contributed by atoms with Crippen molar-refractivity contribution in [2.24, 2.45) is 0 Å². The summed E-state index contributed by atoms with van der Waals surface area (Å²) in [6.45, 7) is 19.1. The topological polar surface area (TPSA) is 57.4 Å². The van der Waals surface area contributed by atoms with Gasteiger partial charge in [0.1, 0.15) is 0 Å². The summed E-state index contributed by atoms with van der Waals surface area (Å²) >= 11 is 0. The fourth-order valence-electron chi connectivity index (χ4n) is 5.51. The fraction of sp³-hybridized carbons (Fsp3) is 0.273. The van der Waals surface area contributed by atoms with Crippen LogP contribution in [-0.4, -0.2) is 19.9 Å². The van der Waals surface area contributed by atoms with Gasteiger partial charge in [0.2, 0.25) is 0 Å². The van der Waals surface area contributed by atoms with E-state index in [0.717, 1.165) is 81.7 Å². The summed E-state index contributed by atoms with van der Waals surface area (Å²) < 4.78 is 0. The molecule has 5 heterocycles. The van der Waals surface area contributed by atoms with Crippen LogP contribution in [-0.2, 0) is 0 Å². The molecule has 2 aliphatic heterocycles. The number of nitrogens with zero attached hydrogens (tertiary/aromatic N) is 2. The molecule has 0 aliphatic carbocycles. The van der Waals surface area contributed by atoms with E-state index in [0.29, 0.717) is 0 Å². The Morgan fingerprint density at radius 1 is 0.676 bits per heavy atom. The Morgan fingerprint density at radius 3 is 1.81 bits per heavy atom. The van der Waals surface area contributed by atoms with Crippen LogP contribution in [0.5, 0.6) is 0 Å². The van der Waals surface area contributed by atoms with E-state index in [1.54, 1.807) is 0 Å². The van der Waals surface area contributed by atoms with E-state index in [1.807, 2.05) is 12.2 Å². The average Bonchev–Trinajstić information content (AvgIpc) is 3.57. The molecule has 0 amide bonds. The van der Waals surface area contributed by atoms with Crippen LogP contribution in [0.4, 0.5) is 0 Å². The zero-order valence-corrected chi connectivity index (χ0v) is 22.7. The third-order valence-corrected chi connectivity index (χ3v) is 7.60. The Hall–Kier alpha value is -3.92. The van der Waals surface area contributed by atoms with Crippen LogP contribution in [0, 0.1) is 6.92 Å². The number of rotatable bonds is 6. The summed E-state index contributed by atoms with van der Waals surface area (Å²) in [4.78, 5) is 17.5. The maximum absolute atomic E-state index is 5.15. The molecular formula is C33H36N4. The SMILES string of the molecule is C=Cc1cc2cc3[nH]c(cc4nc(cc5nc(cc1[nH]2)C(C)=C5CCC)C(CCC)=C4C)c(C)c3C=C. The van der Waals surface area contributed by atoms with Crippen LogP contribution in [0.1, 0.15) is 92.8 Å². The molecule has 3 aromatic rings. The fourth-order valence-corrected chi connectivity index (χ4v) is 5.51. The van der Waals surface area contributed by atoms with E-state index in [2.05, 4.69) is 88.1 Å². The standard InChI is InChI=1S/C33H36N4/c1-8-12-25-20(6)28-16-27-19(5)24(11-4)31(35-27)15-23-14-22(10-3)30(34-23)17-29-21(7)26(13-9-2)33(37-29)18-32(25)36-28/h10-11,14-18,34-35H,3-4,8-9,12-13H2,1-2,5-7H3. The maximum atomic E-state index is 5.15.